The fourth-order valence-electron chi connectivity index (χ4n) is 2.35. The van der Waals surface area contributed by atoms with Gasteiger partial charge in [0.25, 0.3) is 0 Å². The standard InChI is InChI=1S/C19H14FN3O3/c20-13-6-8-14(9-7-13)22-18(25)19(26)23-21-11-16-15-4-2-1-3-12(15)5-10-17(16)24/h1-11,24H,(H,22,25)(H,23,26)/b21-11-. The monoisotopic (exact) mass is 351 g/mol. The number of hydrogen-bond donors (Lipinski definition) is 3. The average Bonchev–Trinajstić information content (AvgIpc) is 2.65. The van der Waals surface area contributed by atoms with Gasteiger partial charge in [-0.25, -0.2) is 9.82 Å². The summed E-state index contributed by atoms with van der Waals surface area (Å²) in [5.41, 5.74) is 2.79. The van der Waals surface area contributed by atoms with E-state index in [1.54, 1.807) is 12.1 Å². The Morgan fingerprint density at radius 2 is 1.69 bits per heavy atom. The third-order valence-electron chi connectivity index (χ3n) is 3.62. The molecule has 6 nitrogen and oxygen atoms in total. The van der Waals surface area contributed by atoms with Crippen molar-refractivity contribution in [3.05, 3.63) is 72.0 Å². The van der Waals surface area contributed by atoms with Crippen LogP contribution in [0.4, 0.5) is 10.1 Å². The van der Waals surface area contributed by atoms with Gasteiger partial charge in [-0.15, -0.1) is 0 Å². The number of carbonyl (C=O) groups excluding carboxylic acids is 2. The molecule has 7 heteroatoms. The van der Waals surface area contributed by atoms with Gasteiger partial charge in [-0.1, -0.05) is 30.3 Å². The molecule has 0 atom stereocenters. The maximum absolute atomic E-state index is 12.8. The second-order valence-electron chi connectivity index (χ2n) is 5.38. The highest BCUT2D eigenvalue weighted by molar-refractivity contribution is 6.39. The van der Waals surface area contributed by atoms with Gasteiger partial charge in [0.15, 0.2) is 0 Å². The molecule has 0 aliphatic carbocycles. The third kappa shape index (κ3) is 3.84. The summed E-state index contributed by atoms with van der Waals surface area (Å²) < 4.78 is 12.8. The van der Waals surface area contributed by atoms with E-state index in [1.165, 1.54) is 24.4 Å². The van der Waals surface area contributed by atoms with Crippen molar-refractivity contribution >= 4 is 34.5 Å². The predicted molar refractivity (Wildman–Crippen MR) is 96.4 cm³/mol. The molecule has 0 aliphatic heterocycles. The number of nitrogens with zero attached hydrogens (tertiary/aromatic N) is 1. The van der Waals surface area contributed by atoms with Gasteiger partial charge in [0.2, 0.25) is 0 Å². The number of carbonyl (C=O) groups is 2. The quantitative estimate of drug-likeness (QED) is 0.385. The van der Waals surface area contributed by atoms with Gasteiger partial charge in [0.05, 0.1) is 6.21 Å². The number of rotatable bonds is 3. The first-order chi connectivity index (χ1) is 12.5. The Balaban J connectivity index is 1.68. The van der Waals surface area contributed by atoms with Gasteiger partial charge in [-0.3, -0.25) is 9.59 Å². The first kappa shape index (κ1) is 17.1. The van der Waals surface area contributed by atoms with E-state index in [9.17, 15) is 19.1 Å². The van der Waals surface area contributed by atoms with Crippen molar-refractivity contribution in [1.82, 2.24) is 5.43 Å². The molecule has 3 aromatic carbocycles. The Hall–Kier alpha value is -3.74. The number of anilines is 1. The van der Waals surface area contributed by atoms with Crippen molar-refractivity contribution in [2.24, 2.45) is 5.10 Å². The summed E-state index contributed by atoms with van der Waals surface area (Å²) in [6, 6.07) is 15.6. The van der Waals surface area contributed by atoms with E-state index >= 15 is 0 Å². The molecule has 0 aliphatic rings. The van der Waals surface area contributed by atoms with E-state index in [4.69, 9.17) is 0 Å². The molecule has 0 spiro atoms. The highest BCUT2D eigenvalue weighted by Crippen LogP contribution is 2.25. The van der Waals surface area contributed by atoms with Crippen LogP contribution in [0.3, 0.4) is 0 Å². The van der Waals surface area contributed by atoms with Crippen molar-refractivity contribution in [1.29, 1.82) is 0 Å². The van der Waals surface area contributed by atoms with Crippen molar-refractivity contribution in [3.63, 3.8) is 0 Å². The lowest BCUT2D eigenvalue weighted by molar-refractivity contribution is -0.136. The van der Waals surface area contributed by atoms with Crippen molar-refractivity contribution < 1.29 is 19.1 Å². The Kier molecular flexibility index (Phi) is 4.89. The lowest BCUT2D eigenvalue weighted by Gasteiger charge is -2.05. The van der Waals surface area contributed by atoms with Crippen LogP contribution in [-0.2, 0) is 9.59 Å². The van der Waals surface area contributed by atoms with Gasteiger partial charge in [-0.2, -0.15) is 5.10 Å². The molecule has 0 heterocycles. The minimum atomic E-state index is -0.995. The highest BCUT2D eigenvalue weighted by atomic mass is 19.1. The minimum absolute atomic E-state index is 0.00235. The third-order valence-corrected chi connectivity index (χ3v) is 3.62. The molecule has 0 fully saturated rings. The Morgan fingerprint density at radius 3 is 2.46 bits per heavy atom. The first-order valence-electron chi connectivity index (χ1n) is 7.65. The molecule has 130 valence electrons. The summed E-state index contributed by atoms with van der Waals surface area (Å²) in [6.45, 7) is 0. The summed E-state index contributed by atoms with van der Waals surface area (Å²) in [6.07, 6.45) is 1.26. The number of benzene rings is 3. The largest absolute Gasteiger partial charge is 0.507 e. The van der Waals surface area contributed by atoms with Gasteiger partial charge in [0.1, 0.15) is 11.6 Å². The number of aromatic hydroxyl groups is 1. The van der Waals surface area contributed by atoms with Crippen molar-refractivity contribution in [2.45, 2.75) is 0 Å². The van der Waals surface area contributed by atoms with Gasteiger partial charge in [-0.05, 0) is 41.1 Å². The van der Waals surface area contributed by atoms with Crippen molar-refractivity contribution in [3.8, 4) is 5.75 Å². The molecular formula is C19H14FN3O3. The zero-order valence-electron chi connectivity index (χ0n) is 13.4. The van der Waals surface area contributed by atoms with Crippen molar-refractivity contribution in [2.75, 3.05) is 5.32 Å². The molecule has 26 heavy (non-hydrogen) atoms. The number of halogens is 1. The van der Waals surface area contributed by atoms with Crippen LogP contribution in [0.1, 0.15) is 5.56 Å². The normalized spacial score (nSPS) is 10.8. The van der Waals surface area contributed by atoms with Crippen LogP contribution in [0.2, 0.25) is 0 Å². The number of hydrogen-bond acceptors (Lipinski definition) is 4. The SMILES string of the molecule is O=C(N/N=C\c1c(O)ccc2ccccc12)C(=O)Nc1ccc(F)cc1. The number of fused-ring (bicyclic) bond motifs is 1. The molecule has 3 rings (SSSR count). The summed E-state index contributed by atoms with van der Waals surface area (Å²) >= 11 is 0. The Labute approximate surface area is 148 Å². The second-order valence-corrected chi connectivity index (χ2v) is 5.38. The molecule has 2 amide bonds. The van der Waals surface area contributed by atoms with Crippen LogP contribution in [0.15, 0.2) is 65.8 Å². The van der Waals surface area contributed by atoms with Crippen LogP contribution in [0.5, 0.6) is 5.75 Å². The van der Waals surface area contributed by atoms with E-state index in [2.05, 4.69) is 15.8 Å². The Morgan fingerprint density at radius 1 is 0.962 bits per heavy atom. The average molecular weight is 351 g/mol. The summed E-state index contributed by atoms with van der Waals surface area (Å²) in [5.74, 6) is -2.40. The number of nitrogens with one attached hydrogen (secondary N) is 2. The molecule has 0 radical (unpaired) electrons. The molecule has 0 saturated heterocycles. The maximum atomic E-state index is 12.8. The topological polar surface area (TPSA) is 90.8 Å². The highest BCUT2D eigenvalue weighted by Gasteiger charge is 2.13. The van der Waals surface area contributed by atoms with Gasteiger partial charge < -0.3 is 10.4 Å². The predicted octanol–water partition coefficient (Wildman–Crippen LogP) is 2.77. The van der Waals surface area contributed by atoms with E-state index < -0.39 is 17.6 Å². The number of hydrazone groups is 1. The summed E-state index contributed by atoms with van der Waals surface area (Å²) in [7, 11) is 0. The minimum Gasteiger partial charge on any atom is -0.507 e. The maximum Gasteiger partial charge on any atom is 0.329 e. The first-order valence-corrected chi connectivity index (χ1v) is 7.65. The fraction of sp³-hybridized carbons (Fsp3) is 0. The van der Waals surface area contributed by atoms with Crippen LogP contribution in [-0.4, -0.2) is 23.1 Å². The van der Waals surface area contributed by atoms with Crippen LogP contribution in [0.25, 0.3) is 10.8 Å². The molecule has 0 unspecified atom stereocenters. The molecule has 3 aromatic rings. The van der Waals surface area contributed by atoms with Crippen LogP contribution >= 0.6 is 0 Å². The smallest absolute Gasteiger partial charge is 0.329 e. The molecule has 3 N–H and O–H groups in total. The number of phenols is 1. The summed E-state index contributed by atoms with van der Waals surface area (Å²) in [5, 5.41) is 17.7. The molecule has 0 saturated carbocycles. The van der Waals surface area contributed by atoms with Gasteiger partial charge in [0, 0.05) is 11.3 Å². The molecule has 0 bridgehead atoms. The van der Waals surface area contributed by atoms with Crippen LogP contribution in [0, 0.1) is 5.82 Å². The molecule has 0 aromatic heterocycles. The lowest BCUT2D eigenvalue weighted by Crippen LogP contribution is -2.32. The van der Waals surface area contributed by atoms with E-state index in [0.717, 1.165) is 22.9 Å². The number of amides is 2. The second kappa shape index (κ2) is 7.43. The van der Waals surface area contributed by atoms with Crippen LogP contribution < -0.4 is 10.7 Å². The zero-order valence-corrected chi connectivity index (χ0v) is 13.4. The lowest BCUT2D eigenvalue weighted by atomic mass is 10.0. The fourth-order valence-corrected chi connectivity index (χ4v) is 2.35. The molecular weight excluding hydrogens is 337 g/mol. The van der Waals surface area contributed by atoms with E-state index in [1.807, 2.05) is 18.2 Å². The summed E-state index contributed by atoms with van der Waals surface area (Å²) in [4.78, 5) is 23.6. The zero-order chi connectivity index (χ0) is 18.5. The van der Waals surface area contributed by atoms with E-state index in [-0.39, 0.29) is 11.4 Å². The van der Waals surface area contributed by atoms with Gasteiger partial charge >= 0.3 is 11.8 Å². The van der Waals surface area contributed by atoms with E-state index in [0.29, 0.717) is 5.56 Å². The Bertz CT molecular complexity index is 1000. The number of phenolic OH excluding ortho intramolecular Hbond substituents is 1.